The quantitative estimate of drug-likeness (QED) is 0.0146. The van der Waals surface area contributed by atoms with Crippen molar-refractivity contribution in [1.29, 1.82) is 0 Å². The number of carbonyl (C=O) groups excluding carboxylic acids is 3. The van der Waals surface area contributed by atoms with E-state index in [0.717, 1.165) is 148 Å². The fraction of sp³-hybridized carbons (Fsp3) is 0.726. The first-order chi connectivity index (χ1) is 64.2. The van der Waals surface area contributed by atoms with Crippen LogP contribution in [0.15, 0.2) is 170 Å². The molecule has 0 aromatic heterocycles. The van der Waals surface area contributed by atoms with Crippen molar-refractivity contribution < 1.29 is 75.8 Å². The number of aliphatic hydroxyl groups is 2. The molecule has 0 spiro atoms. The van der Waals surface area contributed by atoms with Crippen molar-refractivity contribution in [3.63, 3.8) is 0 Å². The van der Waals surface area contributed by atoms with E-state index in [-0.39, 0.29) is 19.3 Å². The molecule has 18 heteroatoms. The van der Waals surface area contributed by atoms with Crippen molar-refractivity contribution in [3.8, 4) is 0 Å². The maximum atomic E-state index is 13.1. The van der Waals surface area contributed by atoms with E-state index in [4.69, 9.17) is 32.3 Å². The largest absolute Gasteiger partial charge is 0.472 e. The van der Waals surface area contributed by atoms with Crippen LogP contribution in [-0.4, -0.2) is 95.9 Å². The van der Waals surface area contributed by atoms with Gasteiger partial charge in [-0.2, -0.15) is 0 Å². The summed E-state index contributed by atoms with van der Waals surface area (Å²) in [5.74, 6) is -1.56. The van der Waals surface area contributed by atoms with Crippen molar-refractivity contribution >= 4 is 33.6 Å². The first-order valence-corrected chi connectivity index (χ1v) is 56.4. The number of unbranched alkanes of at least 4 members (excludes halogenated alkanes) is 50. The van der Waals surface area contributed by atoms with E-state index in [0.29, 0.717) is 19.3 Å². The average Bonchev–Trinajstić information content (AvgIpc) is 0.897. The van der Waals surface area contributed by atoms with Gasteiger partial charge in [-0.25, -0.2) is 9.13 Å². The third-order valence-corrected chi connectivity index (χ3v) is 24.8. The monoisotopic (exact) mass is 1870 g/mol. The average molecular weight is 1870 g/mol. The number of carbonyl (C=O) groups is 3. The van der Waals surface area contributed by atoms with Gasteiger partial charge in [0.15, 0.2) is 6.10 Å². The summed E-state index contributed by atoms with van der Waals surface area (Å²) in [6.07, 6.45) is 137. The minimum Gasteiger partial charge on any atom is -0.463 e. The number of rotatable bonds is 101. The Morgan fingerprint density at radius 2 is 0.405 bits per heavy atom. The molecule has 0 fully saturated rings. The predicted molar refractivity (Wildman–Crippen MR) is 555 cm³/mol. The molecule has 0 aromatic rings. The minimum atomic E-state index is -4.95. The van der Waals surface area contributed by atoms with Gasteiger partial charge in [-0.3, -0.25) is 32.5 Å². The molecule has 0 aromatic carbocycles. The van der Waals surface area contributed by atoms with Gasteiger partial charge in [0.25, 0.3) is 0 Å². The standard InChI is InChI=1S/C113H196O16P2/c1-4-7-10-13-16-19-22-25-28-31-34-37-40-43-46-49-51-53-55-58-60-63-66-69-72-75-78-81-84-87-90-93-96-99-111(116)123-102-108(114)103-125-130(119,120)126-104-109(115)105-127-131(121,122)128-107-110(129-113(118)101-98-95-92-89-86-83-80-77-74-71-68-65-62-57-48-45-42-39-36-33-30-27-24-21-18-15-12-9-6-3)106-124-112(117)100-97-94-91-88-85-82-79-76-73-70-67-64-61-59-56-54-52-50-47-44-41-38-35-32-29-26-23-20-17-14-11-8-5-2/h9,12,16-21,25-30,34-39,43-48,62,65,108-110,114-115H,4-8,10-11,13-15,22-24,31-33,40-42,49-61,63-64,66-107H2,1-3H3,(H,119,120)(H,121,122)/b12-9-,19-16-,20-17-,21-18-,28-25-,29-26-,30-27-,37-34-,38-35-,39-36-,46-43-,47-44-,48-45-,65-62-. The molecule has 0 radical (unpaired) electrons. The number of phosphoric acid groups is 2. The van der Waals surface area contributed by atoms with Gasteiger partial charge < -0.3 is 34.2 Å². The second-order valence-corrected chi connectivity index (χ2v) is 38.6. The van der Waals surface area contributed by atoms with E-state index in [1.54, 1.807) is 0 Å². The second kappa shape index (κ2) is 104. The lowest BCUT2D eigenvalue weighted by molar-refractivity contribution is -0.161. The normalized spacial score (nSPS) is 14.3. The summed E-state index contributed by atoms with van der Waals surface area (Å²) in [7, 11) is -9.82. The minimum absolute atomic E-state index is 0.0961. The Morgan fingerprint density at radius 3 is 0.641 bits per heavy atom. The van der Waals surface area contributed by atoms with E-state index in [1.807, 2.05) is 0 Å². The molecule has 0 bridgehead atoms. The highest BCUT2D eigenvalue weighted by molar-refractivity contribution is 7.47. The number of allylic oxidation sites excluding steroid dienone is 28. The fourth-order valence-corrected chi connectivity index (χ4v) is 16.4. The molecule has 754 valence electrons. The molecule has 5 atom stereocenters. The molecule has 0 rings (SSSR count). The van der Waals surface area contributed by atoms with Crippen LogP contribution < -0.4 is 0 Å². The van der Waals surface area contributed by atoms with Crippen molar-refractivity contribution in [2.24, 2.45) is 0 Å². The Balaban J connectivity index is 4.61. The summed E-state index contributed by atoms with van der Waals surface area (Å²) in [5, 5.41) is 20.8. The maximum Gasteiger partial charge on any atom is 0.472 e. The SMILES string of the molecule is CC/C=C\C/C=C\C/C=C\C/C=C\C/C=C\C/C=C\CCCCCCCCCCCCC(=O)OC(COC(=O)CCCCCCCCCCCCCCCCCCC/C=C\C/C=C\C/C=C\C/C=C\CCCCC)COP(=O)(O)OCC(O)COP(=O)(O)OCC(O)COC(=O)CCCCCCCCCCCCCCCCCCC/C=C\C/C=C\C/C=C\C/C=C\CCCCC. The van der Waals surface area contributed by atoms with Crippen LogP contribution in [-0.2, 0) is 55.8 Å². The Bertz CT molecular complexity index is 3060. The van der Waals surface area contributed by atoms with E-state index in [1.165, 1.54) is 263 Å². The molecule has 0 aliphatic rings. The Morgan fingerprint density at radius 1 is 0.221 bits per heavy atom. The number of ether oxygens (including phenoxy) is 3. The van der Waals surface area contributed by atoms with Crippen molar-refractivity contribution in [1.82, 2.24) is 0 Å². The lowest BCUT2D eigenvalue weighted by Crippen LogP contribution is -2.30. The highest BCUT2D eigenvalue weighted by atomic mass is 31.2. The molecular formula is C113H196O16P2. The Kier molecular flexibility index (Phi) is 99.8. The van der Waals surface area contributed by atoms with Gasteiger partial charge in [0.05, 0.1) is 26.4 Å². The van der Waals surface area contributed by atoms with Gasteiger partial charge in [-0.15, -0.1) is 0 Å². The zero-order valence-corrected chi connectivity index (χ0v) is 85.5. The van der Waals surface area contributed by atoms with Crippen LogP contribution in [0.5, 0.6) is 0 Å². The van der Waals surface area contributed by atoms with Crippen LogP contribution in [0.4, 0.5) is 0 Å². The first-order valence-electron chi connectivity index (χ1n) is 53.4. The van der Waals surface area contributed by atoms with Crippen molar-refractivity contribution in [3.05, 3.63) is 170 Å². The zero-order chi connectivity index (χ0) is 95.0. The molecular weight excluding hydrogens is 1680 g/mol. The number of esters is 3. The van der Waals surface area contributed by atoms with Crippen LogP contribution >= 0.6 is 15.6 Å². The van der Waals surface area contributed by atoms with Crippen molar-refractivity contribution in [2.75, 3.05) is 39.6 Å². The molecule has 0 aliphatic heterocycles. The van der Waals surface area contributed by atoms with Crippen LogP contribution in [0.2, 0.25) is 0 Å². The third-order valence-electron chi connectivity index (χ3n) is 22.9. The van der Waals surface area contributed by atoms with E-state index in [2.05, 4.69) is 191 Å². The van der Waals surface area contributed by atoms with Crippen LogP contribution in [0, 0.1) is 0 Å². The maximum absolute atomic E-state index is 13.1. The highest BCUT2D eigenvalue weighted by Gasteiger charge is 2.30. The summed E-state index contributed by atoms with van der Waals surface area (Å²) in [4.78, 5) is 59.3. The Hall–Kier alpha value is -5.09. The zero-order valence-electron chi connectivity index (χ0n) is 83.7. The van der Waals surface area contributed by atoms with Crippen LogP contribution in [0.1, 0.15) is 470 Å². The molecule has 131 heavy (non-hydrogen) atoms. The molecule has 0 amide bonds. The summed E-state index contributed by atoms with van der Waals surface area (Å²) >= 11 is 0. The summed E-state index contributed by atoms with van der Waals surface area (Å²) in [6, 6.07) is 0. The lowest BCUT2D eigenvalue weighted by Gasteiger charge is -2.21. The fourth-order valence-electron chi connectivity index (χ4n) is 14.8. The molecule has 0 aliphatic carbocycles. The number of hydrogen-bond donors (Lipinski definition) is 4. The number of aliphatic hydroxyl groups excluding tert-OH is 2. The third kappa shape index (κ3) is 105. The molecule has 0 saturated heterocycles. The van der Waals surface area contributed by atoms with Gasteiger partial charge in [-0.05, 0) is 161 Å². The van der Waals surface area contributed by atoms with E-state index in [9.17, 15) is 43.5 Å². The van der Waals surface area contributed by atoms with Gasteiger partial charge in [-0.1, -0.05) is 461 Å². The summed E-state index contributed by atoms with van der Waals surface area (Å²) < 4.78 is 61.8. The van der Waals surface area contributed by atoms with Gasteiger partial charge >= 0.3 is 33.6 Å². The van der Waals surface area contributed by atoms with Crippen LogP contribution in [0.3, 0.4) is 0 Å². The highest BCUT2D eigenvalue weighted by Crippen LogP contribution is 2.45. The van der Waals surface area contributed by atoms with E-state index < -0.39 is 91.5 Å². The lowest BCUT2D eigenvalue weighted by atomic mass is 10.0. The predicted octanol–water partition coefficient (Wildman–Crippen LogP) is 34.1. The molecule has 0 saturated carbocycles. The molecule has 0 heterocycles. The second-order valence-electron chi connectivity index (χ2n) is 35.7. The smallest absolute Gasteiger partial charge is 0.463 e. The van der Waals surface area contributed by atoms with Gasteiger partial charge in [0.1, 0.15) is 25.4 Å². The molecule has 16 nitrogen and oxygen atoms in total. The van der Waals surface area contributed by atoms with Crippen molar-refractivity contribution in [2.45, 2.75) is 489 Å². The summed E-state index contributed by atoms with van der Waals surface area (Å²) in [6.45, 7) is 2.59. The topological polar surface area (TPSA) is 231 Å². The van der Waals surface area contributed by atoms with Crippen LogP contribution in [0.25, 0.3) is 0 Å². The summed E-state index contributed by atoms with van der Waals surface area (Å²) in [5.41, 5.74) is 0. The van der Waals surface area contributed by atoms with E-state index >= 15 is 0 Å². The number of phosphoric ester groups is 2. The van der Waals surface area contributed by atoms with Gasteiger partial charge in [0.2, 0.25) is 0 Å². The number of hydrogen-bond acceptors (Lipinski definition) is 14. The molecule has 5 unspecified atom stereocenters. The van der Waals surface area contributed by atoms with Gasteiger partial charge in [0, 0.05) is 19.3 Å². The first kappa shape index (κ1) is 126. The Labute approximate surface area is 803 Å². The molecule has 4 N–H and O–H groups in total.